The summed E-state index contributed by atoms with van der Waals surface area (Å²) in [4.78, 5) is 20.0. The van der Waals surface area contributed by atoms with Gasteiger partial charge in [0.05, 0.1) is 25.4 Å². The molecule has 6 heteroatoms. The van der Waals surface area contributed by atoms with Crippen molar-refractivity contribution in [3.8, 4) is 5.75 Å². The number of benzene rings is 1. The zero-order valence-corrected chi connectivity index (χ0v) is 17.5. The van der Waals surface area contributed by atoms with Crippen LogP contribution in [0, 0.1) is 5.92 Å². The number of hydrogen-bond acceptors (Lipinski definition) is 5. The number of thiophene rings is 1. The van der Waals surface area contributed by atoms with Gasteiger partial charge in [-0.3, -0.25) is 9.36 Å². The Labute approximate surface area is 169 Å². The lowest BCUT2D eigenvalue weighted by atomic mass is 9.93. The van der Waals surface area contributed by atoms with Crippen LogP contribution in [0.1, 0.15) is 36.3 Å². The van der Waals surface area contributed by atoms with Crippen LogP contribution in [-0.2, 0) is 19.4 Å². The summed E-state index contributed by atoms with van der Waals surface area (Å²) in [6.07, 6.45) is 4.71. The van der Waals surface area contributed by atoms with E-state index in [-0.39, 0.29) is 5.56 Å². The van der Waals surface area contributed by atoms with Crippen molar-refractivity contribution in [2.45, 2.75) is 45.7 Å². The van der Waals surface area contributed by atoms with Gasteiger partial charge in [0, 0.05) is 10.9 Å². The minimum absolute atomic E-state index is 0.0684. The van der Waals surface area contributed by atoms with Crippen LogP contribution in [-0.4, -0.2) is 29.2 Å². The molecule has 0 unspecified atom stereocenters. The van der Waals surface area contributed by atoms with Crippen molar-refractivity contribution < 1.29 is 4.74 Å². The van der Waals surface area contributed by atoms with Gasteiger partial charge in [0.2, 0.25) is 0 Å². The number of hydrogen-bond donors (Lipinski definition) is 1. The molecule has 0 fully saturated rings. The van der Waals surface area contributed by atoms with Gasteiger partial charge in [0.15, 0.2) is 0 Å². The molecule has 0 saturated carbocycles. The van der Waals surface area contributed by atoms with Crippen LogP contribution in [0.5, 0.6) is 5.75 Å². The lowest BCUT2D eigenvalue weighted by Crippen LogP contribution is -2.36. The van der Waals surface area contributed by atoms with E-state index < -0.39 is 0 Å². The van der Waals surface area contributed by atoms with Gasteiger partial charge in [-0.15, -0.1) is 11.3 Å². The average Bonchev–Trinajstić information content (AvgIpc) is 3.07. The molecule has 28 heavy (non-hydrogen) atoms. The minimum Gasteiger partial charge on any atom is -0.497 e. The van der Waals surface area contributed by atoms with Crippen molar-refractivity contribution in [1.29, 1.82) is 0 Å². The number of fused-ring (bicyclic) bond motifs is 3. The van der Waals surface area contributed by atoms with Crippen molar-refractivity contribution in [1.82, 2.24) is 14.9 Å². The first-order valence-electron chi connectivity index (χ1n) is 9.91. The lowest BCUT2D eigenvalue weighted by molar-refractivity contribution is 0.414. The Hall–Kier alpha value is -2.18. The fourth-order valence-electron chi connectivity index (χ4n) is 3.86. The quantitative estimate of drug-likeness (QED) is 0.690. The molecule has 148 valence electrons. The van der Waals surface area contributed by atoms with Gasteiger partial charge in [-0.1, -0.05) is 26.0 Å². The van der Waals surface area contributed by atoms with E-state index in [4.69, 9.17) is 4.74 Å². The molecule has 0 spiro atoms. The number of methoxy groups -OCH3 is 1. The van der Waals surface area contributed by atoms with E-state index in [2.05, 4.69) is 24.1 Å². The van der Waals surface area contributed by atoms with Crippen molar-refractivity contribution in [2.24, 2.45) is 5.92 Å². The normalized spacial score (nSPS) is 16.5. The van der Waals surface area contributed by atoms with Gasteiger partial charge < -0.3 is 10.1 Å². The first kappa shape index (κ1) is 19.2. The Balaban J connectivity index is 1.62. The van der Waals surface area contributed by atoms with E-state index in [0.29, 0.717) is 18.5 Å². The van der Waals surface area contributed by atoms with Crippen molar-refractivity contribution in [2.75, 3.05) is 13.7 Å². The average molecular weight is 398 g/mol. The van der Waals surface area contributed by atoms with Gasteiger partial charge in [-0.25, -0.2) is 4.98 Å². The van der Waals surface area contributed by atoms with E-state index in [1.54, 1.807) is 29.3 Å². The van der Waals surface area contributed by atoms with Gasteiger partial charge in [0.25, 0.3) is 5.56 Å². The van der Waals surface area contributed by atoms with E-state index >= 15 is 0 Å². The first-order chi connectivity index (χ1) is 13.5. The Kier molecular flexibility index (Phi) is 5.51. The van der Waals surface area contributed by atoms with Crippen LogP contribution in [0.25, 0.3) is 10.2 Å². The maximum atomic E-state index is 13.2. The minimum atomic E-state index is 0.0684. The van der Waals surface area contributed by atoms with Crippen LogP contribution in [0.15, 0.2) is 35.4 Å². The third-order valence-electron chi connectivity index (χ3n) is 5.34. The SMILES string of the molecule is COc1cccc(Cn2cnc3sc4c(c3c2=O)CC[C@@H](NCC(C)C)C4)c1. The molecule has 2 aromatic heterocycles. The maximum Gasteiger partial charge on any atom is 0.262 e. The second kappa shape index (κ2) is 8.05. The summed E-state index contributed by atoms with van der Waals surface area (Å²) in [5.74, 6) is 1.45. The fraction of sp³-hybridized carbons (Fsp3) is 0.455. The summed E-state index contributed by atoms with van der Waals surface area (Å²) in [7, 11) is 1.65. The first-order valence-corrected chi connectivity index (χ1v) is 10.7. The van der Waals surface area contributed by atoms with Gasteiger partial charge >= 0.3 is 0 Å². The number of rotatable bonds is 6. The highest BCUT2D eigenvalue weighted by atomic mass is 32.1. The van der Waals surface area contributed by atoms with E-state index in [1.165, 1.54) is 10.4 Å². The van der Waals surface area contributed by atoms with E-state index in [0.717, 1.165) is 47.3 Å². The molecule has 1 N–H and O–H groups in total. The molecule has 0 amide bonds. The van der Waals surface area contributed by atoms with Crippen molar-refractivity contribution in [3.63, 3.8) is 0 Å². The zero-order chi connectivity index (χ0) is 19.7. The van der Waals surface area contributed by atoms with Crippen LogP contribution >= 0.6 is 11.3 Å². The fourth-order valence-corrected chi connectivity index (χ4v) is 5.12. The summed E-state index contributed by atoms with van der Waals surface area (Å²) in [6, 6.07) is 8.33. The molecule has 5 nitrogen and oxygen atoms in total. The van der Waals surface area contributed by atoms with Crippen LogP contribution in [0.4, 0.5) is 0 Å². The monoisotopic (exact) mass is 397 g/mol. The molecule has 0 saturated heterocycles. The molecule has 1 aromatic carbocycles. The van der Waals surface area contributed by atoms with Crippen LogP contribution < -0.4 is 15.6 Å². The Morgan fingerprint density at radius 3 is 3.04 bits per heavy atom. The number of ether oxygens (including phenoxy) is 1. The molecular weight excluding hydrogens is 370 g/mol. The van der Waals surface area contributed by atoms with Gasteiger partial charge in [-0.2, -0.15) is 0 Å². The topological polar surface area (TPSA) is 56.2 Å². The van der Waals surface area contributed by atoms with E-state index in [1.807, 2.05) is 24.3 Å². The Bertz CT molecular complexity index is 1040. The number of aromatic nitrogens is 2. The van der Waals surface area contributed by atoms with Gasteiger partial charge in [0.1, 0.15) is 10.6 Å². The summed E-state index contributed by atoms with van der Waals surface area (Å²) in [5.41, 5.74) is 2.32. The molecule has 1 aliphatic carbocycles. The zero-order valence-electron chi connectivity index (χ0n) is 16.7. The van der Waals surface area contributed by atoms with Crippen LogP contribution in [0.3, 0.4) is 0 Å². The number of aryl methyl sites for hydroxylation is 1. The molecule has 1 aliphatic rings. The molecule has 0 radical (unpaired) electrons. The predicted octanol–water partition coefficient (Wildman–Crippen LogP) is 3.62. The van der Waals surface area contributed by atoms with Crippen LogP contribution in [0.2, 0.25) is 0 Å². The highest BCUT2D eigenvalue weighted by Gasteiger charge is 2.25. The third-order valence-corrected chi connectivity index (χ3v) is 6.50. The number of nitrogens with zero attached hydrogens (tertiary/aromatic N) is 2. The highest BCUT2D eigenvalue weighted by Crippen LogP contribution is 2.33. The summed E-state index contributed by atoms with van der Waals surface area (Å²) < 4.78 is 7.01. The smallest absolute Gasteiger partial charge is 0.262 e. The number of nitrogens with one attached hydrogen (secondary N) is 1. The standard InChI is InChI=1S/C22H27N3O2S/c1-14(2)11-23-16-7-8-18-19(10-16)28-21-20(18)22(26)25(13-24-21)12-15-5-4-6-17(9-15)27-3/h4-6,9,13-14,16,23H,7-8,10-12H2,1-3H3/t16-/m1/s1. The Morgan fingerprint density at radius 2 is 2.25 bits per heavy atom. The second-order valence-corrected chi connectivity index (χ2v) is 9.04. The molecule has 4 rings (SSSR count). The molecule has 2 heterocycles. The largest absolute Gasteiger partial charge is 0.497 e. The van der Waals surface area contributed by atoms with Crippen molar-refractivity contribution >= 4 is 21.6 Å². The second-order valence-electron chi connectivity index (χ2n) is 7.95. The predicted molar refractivity (Wildman–Crippen MR) is 115 cm³/mol. The molecular formula is C22H27N3O2S. The summed E-state index contributed by atoms with van der Waals surface area (Å²) in [5, 5.41) is 4.49. The third kappa shape index (κ3) is 3.84. The molecule has 0 bridgehead atoms. The lowest BCUT2D eigenvalue weighted by Gasteiger charge is -2.24. The van der Waals surface area contributed by atoms with Crippen molar-refractivity contribution in [3.05, 3.63) is 57.0 Å². The highest BCUT2D eigenvalue weighted by molar-refractivity contribution is 7.18. The summed E-state index contributed by atoms with van der Waals surface area (Å²) in [6.45, 7) is 6.00. The molecule has 1 atom stereocenters. The molecule has 3 aromatic rings. The summed E-state index contributed by atoms with van der Waals surface area (Å²) >= 11 is 1.69. The Morgan fingerprint density at radius 1 is 1.39 bits per heavy atom. The maximum absolute atomic E-state index is 13.2. The molecule has 0 aliphatic heterocycles. The van der Waals surface area contributed by atoms with Gasteiger partial charge in [-0.05, 0) is 55.0 Å². The van der Waals surface area contributed by atoms with E-state index in [9.17, 15) is 4.79 Å².